The van der Waals surface area contributed by atoms with E-state index < -0.39 is 0 Å². The maximum Gasteiger partial charge on any atom is 0.175 e. The van der Waals surface area contributed by atoms with Gasteiger partial charge in [-0.3, -0.25) is 0 Å². The van der Waals surface area contributed by atoms with Crippen LogP contribution in [0.4, 0.5) is 0 Å². The Morgan fingerprint density at radius 2 is 2.24 bits per heavy atom. The number of ether oxygens (including phenoxy) is 2. The van der Waals surface area contributed by atoms with E-state index >= 15 is 0 Å². The molecule has 0 amide bonds. The van der Waals surface area contributed by atoms with Gasteiger partial charge in [-0.25, -0.2) is 0 Å². The van der Waals surface area contributed by atoms with E-state index in [0.717, 1.165) is 16.4 Å². The molecule has 1 aromatic heterocycles. The highest BCUT2D eigenvalue weighted by Crippen LogP contribution is 2.31. The maximum absolute atomic E-state index is 5.74. The fraction of sp³-hybridized carbons (Fsp3) is 0.385. The van der Waals surface area contributed by atoms with Crippen LogP contribution < -0.4 is 4.74 Å². The number of hydrogen-bond acceptors (Lipinski definition) is 4. The van der Waals surface area contributed by atoms with Gasteiger partial charge in [-0.2, -0.15) is 0 Å². The second-order valence-electron chi connectivity index (χ2n) is 3.35. The summed E-state index contributed by atoms with van der Waals surface area (Å²) >= 11 is 3.40. The minimum atomic E-state index is 0.540. The normalized spacial score (nSPS) is 12.7. The Morgan fingerprint density at radius 1 is 1.47 bits per heavy atom. The lowest BCUT2D eigenvalue weighted by atomic mass is 10.2. The maximum atomic E-state index is 5.74. The number of thioether (sulfide) groups is 1. The standard InChI is InChI=1S/C13H18O2S2/c1-5-6-11(10(2)14-3)9-15-12-7-8-13(16-4)17-12/h5-8H,9H2,1-4H3/b6-5-,11-10-. The zero-order valence-corrected chi connectivity index (χ0v) is 12.3. The molecule has 1 aromatic rings. The molecule has 94 valence electrons. The molecule has 0 aliphatic rings. The fourth-order valence-electron chi connectivity index (χ4n) is 1.24. The third-order valence-electron chi connectivity index (χ3n) is 2.25. The van der Waals surface area contributed by atoms with Crippen molar-refractivity contribution in [3.63, 3.8) is 0 Å². The molecule has 0 fully saturated rings. The van der Waals surface area contributed by atoms with Gasteiger partial charge in [-0.05, 0) is 32.2 Å². The molecule has 1 heterocycles. The van der Waals surface area contributed by atoms with Crippen molar-refractivity contribution in [3.05, 3.63) is 35.6 Å². The molecule has 1 rings (SSSR count). The second-order valence-corrected chi connectivity index (χ2v) is 5.50. The third kappa shape index (κ3) is 4.48. The molecule has 0 aliphatic heterocycles. The molecule has 0 unspecified atom stereocenters. The van der Waals surface area contributed by atoms with E-state index in [1.807, 2.05) is 32.1 Å². The van der Waals surface area contributed by atoms with Crippen LogP contribution in [0.5, 0.6) is 5.06 Å². The molecule has 0 N–H and O–H groups in total. The Morgan fingerprint density at radius 3 is 2.76 bits per heavy atom. The average Bonchev–Trinajstić information content (AvgIpc) is 2.81. The van der Waals surface area contributed by atoms with Gasteiger partial charge in [0.05, 0.1) is 17.1 Å². The van der Waals surface area contributed by atoms with Crippen molar-refractivity contribution in [2.24, 2.45) is 0 Å². The minimum Gasteiger partial charge on any atom is -0.501 e. The SMILES string of the molecule is C/C=C\C(COc1ccc(SC)s1)=C(/C)OC. The Bertz CT molecular complexity index is 405. The van der Waals surface area contributed by atoms with E-state index in [4.69, 9.17) is 9.47 Å². The lowest BCUT2D eigenvalue weighted by Crippen LogP contribution is -2.01. The minimum absolute atomic E-state index is 0.540. The molecule has 0 aromatic carbocycles. The van der Waals surface area contributed by atoms with Crippen molar-refractivity contribution < 1.29 is 9.47 Å². The van der Waals surface area contributed by atoms with Crippen molar-refractivity contribution in [1.29, 1.82) is 0 Å². The highest BCUT2D eigenvalue weighted by atomic mass is 32.2. The van der Waals surface area contributed by atoms with Gasteiger partial charge in [-0.1, -0.05) is 23.5 Å². The fourth-order valence-corrected chi connectivity index (χ4v) is 2.61. The van der Waals surface area contributed by atoms with E-state index in [1.54, 1.807) is 30.2 Å². The van der Waals surface area contributed by atoms with Crippen molar-refractivity contribution in [2.45, 2.75) is 18.1 Å². The van der Waals surface area contributed by atoms with Crippen LogP contribution >= 0.6 is 23.1 Å². The van der Waals surface area contributed by atoms with Gasteiger partial charge < -0.3 is 9.47 Å². The number of thiophene rings is 1. The third-order valence-corrected chi connectivity index (χ3v) is 4.33. The zero-order chi connectivity index (χ0) is 12.7. The Hall–Kier alpha value is -0.870. The molecule has 0 spiro atoms. The van der Waals surface area contributed by atoms with Gasteiger partial charge in [0.1, 0.15) is 6.61 Å². The second kappa shape index (κ2) is 7.45. The Kier molecular flexibility index (Phi) is 6.22. The largest absolute Gasteiger partial charge is 0.501 e. The van der Waals surface area contributed by atoms with Crippen LogP contribution in [-0.4, -0.2) is 20.0 Å². The van der Waals surface area contributed by atoms with Gasteiger partial charge in [0.25, 0.3) is 0 Å². The van der Waals surface area contributed by atoms with E-state index in [0.29, 0.717) is 6.61 Å². The first kappa shape index (κ1) is 14.2. The van der Waals surface area contributed by atoms with E-state index in [9.17, 15) is 0 Å². The average molecular weight is 270 g/mol. The summed E-state index contributed by atoms with van der Waals surface area (Å²) in [4.78, 5) is 0. The van der Waals surface area contributed by atoms with E-state index in [2.05, 4.69) is 12.3 Å². The topological polar surface area (TPSA) is 18.5 Å². The molecule has 0 aliphatic carbocycles. The number of allylic oxidation sites excluding steroid dienone is 2. The lowest BCUT2D eigenvalue weighted by molar-refractivity contribution is 0.279. The monoisotopic (exact) mass is 270 g/mol. The molecular weight excluding hydrogens is 252 g/mol. The summed E-state index contributed by atoms with van der Waals surface area (Å²) in [5.74, 6) is 0.893. The summed E-state index contributed by atoms with van der Waals surface area (Å²) in [5, 5.41) is 0.945. The first-order valence-electron chi connectivity index (χ1n) is 5.34. The molecule has 0 saturated carbocycles. The molecule has 0 saturated heterocycles. The van der Waals surface area contributed by atoms with E-state index in [1.165, 1.54) is 4.21 Å². The van der Waals surface area contributed by atoms with Gasteiger partial charge in [-0.15, -0.1) is 11.8 Å². The van der Waals surface area contributed by atoms with Crippen molar-refractivity contribution in [3.8, 4) is 5.06 Å². The van der Waals surface area contributed by atoms with Crippen LogP contribution in [0.3, 0.4) is 0 Å². The molecule has 4 heteroatoms. The molecule has 0 bridgehead atoms. The van der Waals surface area contributed by atoms with Crippen molar-refractivity contribution in [1.82, 2.24) is 0 Å². The van der Waals surface area contributed by atoms with Crippen LogP contribution in [-0.2, 0) is 4.74 Å². The smallest absolute Gasteiger partial charge is 0.175 e. The molecule has 0 radical (unpaired) electrons. The van der Waals surface area contributed by atoms with Crippen molar-refractivity contribution >= 4 is 23.1 Å². The predicted molar refractivity (Wildman–Crippen MR) is 76.1 cm³/mol. The van der Waals surface area contributed by atoms with Crippen molar-refractivity contribution in [2.75, 3.05) is 20.0 Å². The predicted octanol–water partition coefficient (Wildman–Crippen LogP) is 4.35. The number of hydrogen-bond donors (Lipinski definition) is 0. The molecule has 2 nitrogen and oxygen atoms in total. The molecular formula is C13H18O2S2. The summed E-state index contributed by atoms with van der Waals surface area (Å²) in [5.41, 5.74) is 1.06. The zero-order valence-electron chi connectivity index (χ0n) is 10.6. The van der Waals surface area contributed by atoms with Crippen LogP contribution in [0, 0.1) is 0 Å². The highest BCUT2D eigenvalue weighted by molar-refractivity contribution is 8.00. The number of rotatable bonds is 6. The molecule has 0 atom stereocenters. The van der Waals surface area contributed by atoms with Gasteiger partial charge in [0.15, 0.2) is 5.06 Å². The summed E-state index contributed by atoms with van der Waals surface area (Å²) in [7, 11) is 1.68. The summed E-state index contributed by atoms with van der Waals surface area (Å²) in [6.45, 7) is 4.47. The summed E-state index contributed by atoms with van der Waals surface area (Å²) in [6.07, 6.45) is 6.07. The van der Waals surface area contributed by atoms with Crippen LogP contribution in [0.1, 0.15) is 13.8 Å². The lowest BCUT2D eigenvalue weighted by Gasteiger charge is -2.08. The first-order valence-corrected chi connectivity index (χ1v) is 7.38. The quantitative estimate of drug-likeness (QED) is 0.435. The van der Waals surface area contributed by atoms with Gasteiger partial charge >= 0.3 is 0 Å². The highest BCUT2D eigenvalue weighted by Gasteiger charge is 2.03. The number of methoxy groups -OCH3 is 1. The van der Waals surface area contributed by atoms with Gasteiger partial charge in [0, 0.05) is 5.57 Å². The van der Waals surface area contributed by atoms with E-state index in [-0.39, 0.29) is 0 Å². The first-order chi connectivity index (χ1) is 8.21. The summed E-state index contributed by atoms with van der Waals surface area (Å²) < 4.78 is 12.2. The Balaban J connectivity index is 2.64. The van der Waals surface area contributed by atoms with Crippen LogP contribution in [0.2, 0.25) is 0 Å². The Labute approximate surface area is 111 Å². The van der Waals surface area contributed by atoms with Crippen LogP contribution in [0.15, 0.2) is 39.8 Å². The molecule has 17 heavy (non-hydrogen) atoms. The summed E-state index contributed by atoms with van der Waals surface area (Å²) in [6, 6.07) is 4.08. The van der Waals surface area contributed by atoms with Gasteiger partial charge in [0.2, 0.25) is 0 Å². The van der Waals surface area contributed by atoms with Crippen LogP contribution in [0.25, 0.3) is 0 Å².